The van der Waals surface area contributed by atoms with Crippen molar-refractivity contribution in [1.29, 1.82) is 0 Å². The highest BCUT2D eigenvalue weighted by atomic mass is 16.5. The summed E-state index contributed by atoms with van der Waals surface area (Å²) >= 11 is 0. The summed E-state index contributed by atoms with van der Waals surface area (Å²) < 4.78 is 7.42. The summed E-state index contributed by atoms with van der Waals surface area (Å²) in [6, 6.07) is 18.0. The molecule has 4 nitrogen and oxygen atoms in total. The van der Waals surface area contributed by atoms with E-state index in [1.807, 2.05) is 65.6 Å². The SMILES string of the molecule is C=C[C@@H]1CN(Cc2ccccc2)C(=O)c2cc3ccc(OC)cc3n21. The maximum absolute atomic E-state index is 13.0. The largest absolute Gasteiger partial charge is 0.497 e. The molecule has 0 N–H and O–H groups in total. The minimum absolute atomic E-state index is 0.0426. The van der Waals surface area contributed by atoms with Gasteiger partial charge in [0.25, 0.3) is 5.91 Å². The number of nitrogens with zero attached hydrogens (tertiary/aromatic N) is 2. The molecule has 126 valence electrons. The highest BCUT2D eigenvalue weighted by Gasteiger charge is 2.31. The van der Waals surface area contributed by atoms with Crippen molar-refractivity contribution in [3.8, 4) is 5.75 Å². The number of benzene rings is 2. The number of carbonyl (C=O) groups is 1. The molecule has 0 spiro atoms. The van der Waals surface area contributed by atoms with Crippen molar-refractivity contribution in [1.82, 2.24) is 9.47 Å². The van der Waals surface area contributed by atoms with Crippen LogP contribution in [0.5, 0.6) is 5.75 Å². The Morgan fingerprint density at radius 2 is 2.00 bits per heavy atom. The van der Waals surface area contributed by atoms with Crippen molar-refractivity contribution < 1.29 is 9.53 Å². The van der Waals surface area contributed by atoms with E-state index in [0.29, 0.717) is 18.8 Å². The minimum Gasteiger partial charge on any atom is -0.497 e. The highest BCUT2D eigenvalue weighted by Crippen LogP contribution is 2.32. The smallest absolute Gasteiger partial charge is 0.270 e. The van der Waals surface area contributed by atoms with Crippen molar-refractivity contribution >= 4 is 16.8 Å². The molecule has 1 aliphatic rings. The van der Waals surface area contributed by atoms with Crippen molar-refractivity contribution in [2.75, 3.05) is 13.7 Å². The van der Waals surface area contributed by atoms with Crippen LogP contribution in [0.3, 0.4) is 0 Å². The van der Waals surface area contributed by atoms with Crippen LogP contribution in [0.25, 0.3) is 10.9 Å². The highest BCUT2D eigenvalue weighted by molar-refractivity contribution is 6.00. The van der Waals surface area contributed by atoms with Crippen LogP contribution < -0.4 is 4.74 Å². The van der Waals surface area contributed by atoms with Crippen LogP contribution in [0, 0.1) is 0 Å². The molecule has 2 heterocycles. The number of aromatic nitrogens is 1. The Morgan fingerprint density at radius 1 is 1.20 bits per heavy atom. The molecule has 4 rings (SSSR count). The predicted octanol–water partition coefficient (Wildman–Crippen LogP) is 4.03. The molecule has 0 saturated carbocycles. The molecule has 0 saturated heterocycles. The van der Waals surface area contributed by atoms with E-state index in [-0.39, 0.29) is 11.9 Å². The van der Waals surface area contributed by atoms with Gasteiger partial charge in [-0.3, -0.25) is 4.79 Å². The van der Waals surface area contributed by atoms with Gasteiger partial charge in [0, 0.05) is 24.5 Å². The Morgan fingerprint density at radius 3 is 2.72 bits per heavy atom. The summed E-state index contributed by atoms with van der Waals surface area (Å²) in [5.41, 5.74) is 2.84. The van der Waals surface area contributed by atoms with Gasteiger partial charge in [-0.05, 0) is 23.8 Å². The van der Waals surface area contributed by atoms with E-state index in [1.54, 1.807) is 7.11 Å². The molecule has 0 radical (unpaired) electrons. The maximum Gasteiger partial charge on any atom is 0.270 e. The molecule has 1 aliphatic heterocycles. The van der Waals surface area contributed by atoms with Crippen LogP contribution in [0.15, 0.2) is 67.3 Å². The lowest BCUT2D eigenvalue weighted by Gasteiger charge is -2.33. The summed E-state index contributed by atoms with van der Waals surface area (Å²) in [6.45, 7) is 5.21. The van der Waals surface area contributed by atoms with Crippen LogP contribution in [0.4, 0.5) is 0 Å². The molecule has 2 aromatic carbocycles. The Balaban J connectivity index is 1.78. The summed E-state index contributed by atoms with van der Waals surface area (Å²) in [5, 5.41) is 1.04. The van der Waals surface area contributed by atoms with E-state index in [4.69, 9.17) is 4.74 Å². The lowest BCUT2D eigenvalue weighted by atomic mass is 10.1. The molecule has 0 aliphatic carbocycles. The van der Waals surface area contributed by atoms with E-state index in [0.717, 1.165) is 22.2 Å². The van der Waals surface area contributed by atoms with Gasteiger partial charge in [-0.25, -0.2) is 0 Å². The molecular formula is C21H20N2O2. The number of hydrogen-bond donors (Lipinski definition) is 0. The second kappa shape index (κ2) is 6.13. The molecule has 0 unspecified atom stereocenters. The normalized spacial score (nSPS) is 16.8. The third-order valence-electron chi connectivity index (χ3n) is 4.78. The fourth-order valence-corrected chi connectivity index (χ4v) is 3.52. The topological polar surface area (TPSA) is 34.5 Å². The van der Waals surface area contributed by atoms with E-state index in [9.17, 15) is 4.79 Å². The van der Waals surface area contributed by atoms with Crippen molar-refractivity contribution in [3.63, 3.8) is 0 Å². The summed E-state index contributed by atoms with van der Waals surface area (Å²) in [6.07, 6.45) is 1.91. The molecule has 1 atom stereocenters. The second-order valence-corrected chi connectivity index (χ2v) is 6.30. The van der Waals surface area contributed by atoms with E-state index < -0.39 is 0 Å². The maximum atomic E-state index is 13.0. The van der Waals surface area contributed by atoms with Gasteiger partial charge in [-0.2, -0.15) is 0 Å². The van der Waals surface area contributed by atoms with Crippen LogP contribution >= 0.6 is 0 Å². The third kappa shape index (κ3) is 2.60. The summed E-state index contributed by atoms with van der Waals surface area (Å²) in [4.78, 5) is 14.9. The lowest BCUT2D eigenvalue weighted by Crippen LogP contribution is -2.41. The quantitative estimate of drug-likeness (QED) is 0.676. The Hall–Kier alpha value is -3.01. The Kier molecular flexibility index (Phi) is 3.80. The van der Waals surface area contributed by atoms with Crippen LogP contribution in [0.2, 0.25) is 0 Å². The molecule has 4 heteroatoms. The Bertz CT molecular complexity index is 943. The Labute approximate surface area is 146 Å². The fraction of sp³-hybridized carbons (Fsp3) is 0.190. The standard InChI is InChI=1S/C21H20N2O2/c1-3-17-14-22(13-15-7-5-4-6-8-15)21(24)20-11-16-9-10-18(25-2)12-19(16)23(17)20/h3-12,17H,1,13-14H2,2H3/t17-/m1/s1. The van der Waals surface area contributed by atoms with E-state index >= 15 is 0 Å². The van der Waals surface area contributed by atoms with Crippen molar-refractivity contribution in [3.05, 3.63) is 78.5 Å². The molecule has 3 aromatic rings. The van der Waals surface area contributed by atoms with Crippen molar-refractivity contribution in [2.24, 2.45) is 0 Å². The molecule has 0 fully saturated rings. The second-order valence-electron chi connectivity index (χ2n) is 6.30. The van der Waals surface area contributed by atoms with Gasteiger partial charge in [0.05, 0.1) is 18.7 Å². The predicted molar refractivity (Wildman–Crippen MR) is 98.9 cm³/mol. The molecule has 25 heavy (non-hydrogen) atoms. The average molecular weight is 332 g/mol. The summed E-state index contributed by atoms with van der Waals surface area (Å²) in [5.74, 6) is 0.840. The molecular weight excluding hydrogens is 312 g/mol. The van der Waals surface area contributed by atoms with Gasteiger partial charge < -0.3 is 14.2 Å². The van der Waals surface area contributed by atoms with Gasteiger partial charge >= 0.3 is 0 Å². The van der Waals surface area contributed by atoms with Crippen LogP contribution in [-0.4, -0.2) is 29.0 Å². The van der Waals surface area contributed by atoms with E-state index in [2.05, 4.69) is 11.1 Å². The average Bonchev–Trinajstić information content (AvgIpc) is 3.04. The van der Waals surface area contributed by atoms with Gasteiger partial charge in [-0.1, -0.05) is 36.4 Å². The summed E-state index contributed by atoms with van der Waals surface area (Å²) in [7, 11) is 1.65. The molecule has 0 bridgehead atoms. The first-order chi connectivity index (χ1) is 12.2. The first kappa shape index (κ1) is 15.5. The molecule has 1 aromatic heterocycles. The van der Waals surface area contributed by atoms with Crippen molar-refractivity contribution in [2.45, 2.75) is 12.6 Å². The minimum atomic E-state index is 0.0426. The van der Waals surface area contributed by atoms with Gasteiger partial charge in [0.1, 0.15) is 11.4 Å². The molecule has 1 amide bonds. The first-order valence-corrected chi connectivity index (χ1v) is 8.36. The van der Waals surface area contributed by atoms with Gasteiger partial charge in [-0.15, -0.1) is 6.58 Å². The number of ether oxygens (including phenoxy) is 1. The lowest BCUT2D eigenvalue weighted by molar-refractivity contribution is 0.0676. The van der Waals surface area contributed by atoms with Crippen LogP contribution in [-0.2, 0) is 6.54 Å². The number of amides is 1. The van der Waals surface area contributed by atoms with Gasteiger partial charge in [0.2, 0.25) is 0 Å². The zero-order chi connectivity index (χ0) is 17.4. The zero-order valence-electron chi connectivity index (χ0n) is 14.2. The monoisotopic (exact) mass is 332 g/mol. The number of fused-ring (bicyclic) bond motifs is 3. The van der Waals surface area contributed by atoms with E-state index in [1.165, 1.54) is 0 Å². The zero-order valence-corrected chi connectivity index (χ0v) is 14.2. The number of hydrogen-bond acceptors (Lipinski definition) is 2. The number of carbonyl (C=O) groups excluding carboxylic acids is 1. The first-order valence-electron chi connectivity index (χ1n) is 8.36. The third-order valence-corrected chi connectivity index (χ3v) is 4.78. The number of rotatable bonds is 4. The van der Waals surface area contributed by atoms with Crippen LogP contribution in [0.1, 0.15) is 22.1 Å². The van der Waals surface area contributed by atoms with Gasteiger partial charge in [0.15, 0.2) is 0 Å². The fourth-order valence-electron chi connectivity index (χ4n) is 3.52. The number of methoxy groups -OCH3 is 1.